The number of ketones is 1. The molecular formula is C10H11ClO3. The summed E-state index contributed by atoms with van der Waals surface area (Å²) in [5, 5.41) is 18.7. The first-order chi connectivity index (χ1) is 6.43. The Morgan fingerprint density at radius 3 is 2.36 bits per heavy atom. The van der Waals surface area contributed by atoms with E-state index in [-0.39, 0.29) is 33.8 Å². The minimum Gasteiger partial charge on any atom is -0.507 e. The van der Waals surface area contributed by atoms with E-state index >= 15 is 0 Å². The van der Waals surface area contributed by atoms with Crippen molar-refractivity contribution in [2.45, 2.75) is 13.8 Å². The molecule has 0 aliphatic carbocycles. The van der Waals surface area contributed by atoms with Crippen LogP contribution in [-0.2, 0) is 0 Å². The summed E-state index contributed by atoms with van der Waals surface area (Å²) in [5.74, 6) is -0.865. The predicted octanol–water partition coefficient (Wildman–Crippen LogP) is 2.59. The van der Waals surface area contributed by atoms with Crippen molar-refractivity contribution in [1.82, 2.24) is 0 Å². The number of hydrogen-bond acceptors (Lipinski definition) is 3. The zero-order chi connectivity index (χ0) is 10.9. The van der Waals surface area contributed by atoms with Crippen LogP contribution in [0.15, 0.2) is 12.1 Å². The second-order valence-electron chi connectivity index (χ2n) is 3.34. The van der Waals surface area contributed by atoms with Crippen molar-refractivity contribution in [3.05, 3.63) is 22.7 Å². The standard InChI is InChI=1S/C10H11ClO3/c1-5(2)10(14)6-3-9(13)7(11)4-8(6)12/h3-5,12-13H,1-2H3. The predicted molar refractivity (Wildman–Crippen MR) is 54.0 cm³/mol. The lowest BCUT2D eigenvalue weighted by Gasteiger charge is -2.07. The van der Waals surface area contributed by atoms with Crippen molar-refractivity contribution in [3.8, 4) is 11.5 Å². The molecule has 0 bridgehead atoms. The molecule has 0 unspecified atom stereocenters. The smallest absolute Gasteiger partial charge is 0.169 e. The molecule has 1 aromatic carbocycles. The Hall–Kier alpha value is -1.22. The third kappa shape index (κ3) is 1.99. The van der Waals surface area contributed by atoms with E-state index in [4.69, 9.17) is 11.6 Å². The lowest BCUT2D eigenvalue weighted by molar-refractivity contribution is 0.0936. The summed E-state index contributed by atoms with van der Waals surface area (Å²) in [6.45, 7) is 3.43. The van der Waals surface area contributed by atoms with Gasteiger partial charge < -0.3 is 10.2 Å². The molecule has 0 atom stereocenters. The number of Topliss-reactive ketones (excluding diaryl/α,β-unsaturated/α-hetero) is 1. The topological polar surface area (TPSA) is 57.5 Å². The summed E-state index contributed by atoms with van der Waals surface area (Å²) in [7, 11) is 0. The van der Waals surface area contributed by atoms with Gasteiger partial charge in [0.1, 0.15) is 11.5 Å². The summed E-state index contributed by atoms with van der Waals surface area (Å²) >= 11 is 5.55. The lowest BCUT2D eigenvalue weighted by atomic mass is 10.00. The van der Waals surface area contributed by atoms with Crippen molar-refractivity contribution in [2.24, 2.45) is 5.92 Å². The first-order valence-corrected chi connectivity index (χ1v) is 4.57. The summed E-state index contributed by atoms with van der Waals surface area (Å²) in [4.78, 5) is 11.5. The van der Waals surface area contributed by atoms with E-state index in [1.165, 1.54) is 6.07 Å². The minimum atomic E-state index is -0.235. The van der Waals surface area contributed by atoms with Crippen LogP contribution >= 0.6 is 11.6 Å². The quantitative estimate of drug-likeness (QED) is 0.588. The first kappa shape index (κ1) is 10.9. The summed E-state index contributed by atoms with van der Waals surface area (Å²) in [5.41, 5.74) is 0.0990. The average Bonchev–Trinajstić information content (AvgIpc) is 2.10. The van der Waals surface area contributed by atoms with Crippen LogP contribution in [0, 0.1) is 5.92 Å². The minimum absolute atomic E-state index is 0.0304. The molecule has 0 radical (unpaired) electrons. The van der Waals surface area contributed by atoms with Gasteiger partial charge in [-0.15, -0.1) is 0 Å². The number of aromatic hydroxyl groups is 2. The highest BCUT2D eigenvalue weighted by molar-refractivity contribution is 6.32. The number of hydrogen-bond donors (Lipinski definition) is 2. The second kappa shape index (κ2) is 3.88. The third-order valence-corrected chi connectivity index (χ3v) is 2.16. The van der Waals surface area contributed by atoms with Crippen LogP contribution in [0.25, 0.3) is 0 Å². The Labute approximate surface area is 86.9 Å². The molecule has 0 aliphatic rings. The molecule has 0 aromatic heterocycles. The number of carbonyl (C=O) groups excluding carboxylic acids is 1. The average molecular weight is 215 g/mol. The SMILES string of the molecule is CC(C)C(=O)c1cc(O)c(Cl)cc1O. The van der Waals surface area contributed by atoms with Crippen molar-refractivity contribution < 1.29 is 15.0 Å². The van der Waals surface area contributed by atoms with Crippen LogP contribution in [0.1, 0.15) is 24.2 Å². The number of phenolic OH excluding ortho intramolecular Hbond substituents is 2. The van der Waals surface area contributed by atoms with Crippen LogP contribution in [-0.4, -0.2) is 16.0 Å². The van der Waals surface area contributed by atoms with Gasteiger partial charge in [0, 0.05) is 12.0 Å². The molecule has 3 nitrogen and oxygen atoms in total. The molecule has 4 heteroatoms. The normalized spacial score (nSPS) is 10.6. The van der Waals surface area contributed by atoms with Gasteiger partial charge in [0.25, 0.3) is 0 Å². The molecule has 0 saturated heterocycles. The molecule has 0 aliphatic heterocycles. The molecule has 1 rings (SSSR count). The highest BCUT2D eigenvalue weighted by atomic mass is 35.5. The van der Waals surface area contributed by atoms with Gasteiger partial charge in [0.15, 0.2) is 5.78 Å². The van der Waals surface area contributed by atoms with E-state index in [2.05, 4.69) is 0 Å². The number of rotatable bonds is 2. The zero-order valence-corrected chi connectivity index (χ0v) is 8.67. The van der Waals surface area contributed by atoms with E-state index in [9.17, 15) is 15.0 Å². The molecular weight excluding hydrogens is 204 g/mol. The Bertz CT molecular complexity index is 372. The molecule has 0 spiro atoms. The van der Waals surface area contributed by atoms with Crippen molar-refractivity contribution in [2.75, 3.05) is 0 Å². The van der Waals surface area contributed by atoms with Gasteiger partial charge in [-0.05, 0) is 6.07 Å². The molecule has 14 heavy (non-hydrogen) atoms. The van der Waals surface area contributed by atoms with Crippen LogP contribution < -0.4 is 0 Å². The van der Waals surface area contributed by atoms with Crippen LogP contribution in [0.2, 0.25) is 5.02 Å². The lowest BCUT2D eigenvalue weighted by Crippen LogP contribution is -2.07. The fraction of sp³-hybridized carbons (Fsp3) is 0.300. The Kier molecular flexibility index (Phi) is 3.01. The molecule has 2 N–H and O–H groups in total. The molecule has 0 amide bonds. The maximum absolute atomic E-state index is 11.5. The zero-order valence-electron chi connectivity index (χ0n) is 7.91. The van der Waals surface area contributed by atoms with Gasteiger partial charge in [-0.2, -0.15) is 0 Å². The monoisotopic (exact) mass is 214 g/mol. The molecule has 0 saturated carbocycles. The molecule has 76 valence electrons. The largest absolute Gasteiger partial charge is 0.507 e. The van der Waals surface area contributed by atoms with Gasteiger partial charge in [-0.25, -0.2) is 0 Å². The third-order valence-electron chi connectivity index (χ3n) is 1.85. The van der Waals surface area contributed by atoms with Gasteiger partial charge >= 0.3 is 0 Å². The summed E-state index contributed by atoms with van der Waals surface area (Å²) in [6, 6.07) is 2.34. The number of phenols is 2. The van der Waals surface area contributed by atoms with Gasteiger partial charge in [-0.1, -0.05) is 25.4 Å². The molecule has 0 heterocycles. The van der Waals surface area contributed by atoms with E-state index in [0.717, 1.165) is 6.07 Å². The van der Waals surface area contributed by atoms with E-state index < -0.39 is 0 Å². The molecule has 1 aromatic rings. The fourth-order valence-electron chi connectivity index (χ4n) is 1.06. The Balaban J connectivity index is 3.22. The Morgan fingerprint density at radius 1 is 1.29 bits per heavy atom. The Morgan fingerprint density at radius 2 is 1.86 bits per heavy atom. The van der Waals surface area contributed by atoms with Crippen molar-refractivity contribution >= 4 is 17.4 Å². The van der Waals surface area contributed by atoms with E-state index in [1.807, 2.05) is 0 Å². The van der Waals surface area contributed by atoms with Crippen LogP contribution in [0.5, 0.6) is 11.5 Å². The van der Waals surface area contributed by atoms with Crippen molar-refractivity contribution in [3.63, 3.8) is 0 Å². The number of carbonyl (C=O) groups is 1. The highest BCUT2D eigenvalue weighted by Gasteiger charge is 2.16. The van der Waals surface area contributed by atoms with Crippen molar-refractivity contribution in [1.29, 1.82) is 0 Å². The number of benzene rings is 1. The highest BCUT2D eigenvalue weighted by Crippen LogP contribution is 2.32. The van der Waals surface area contributed by atoms with Gasteiger partial charge in [0.05, 0.1) is 10.6 Å². The van der Waals surface area contributed by atoms with E-state index in [0.29, 0.717) is 0 Å². The van der Waals surface area contributed by atoms with Gasteiger partial charge in [0.2, 0.25) is 0 Å². The van der Waals surface area contributed by atoms with Crippen LogP contribution in [0.4, 0.5) is 0 Å². The maximum Gasteiger partial charge on any atom is 0.169 e. The van der Waals surface area contributed by atoms with Gasteiger partial charge in [-0.3, -0.25) is 4.79 Å². The fourth-order valence-corrected chi connectivity index (χ4v) is 1.22. The van der Waals surface area contributed by atoms with E-state index in [1.54, 1.807) is 13.8 Å². The summed E-state index contributed by atoms with van der Waals surface area (Å²) < 4.78 is 0. The number of halogens is 1. The maximum atomic E-state index is 11.5. The molecule has 0 fully saturated rings. The second-order valence-corrected chi connectivity index (χ2v) is 3.75. The summed E-state index contributed by atoms with van der Waals surface area (Å²) in [6.07, 6.45) is 0. The first-order valence-electron chi connectivity index (χ1n) is 4.19. The van der Waals surface area contributed by atoms with Crippen LogP contribution in [0.3, 0.4) is 0 Å².